The predicted molar refractivity (Wildman–Crippen MR) is 242 cm³/mol. The highest BCUT2D eigenvalue weighted by Gasteiger charge is 2.45. The Morgan fingerprint density at radius 2 is 1.37 bits per heavy atom. The van der Waals surface area contributed by atoms with Crippen molar-refractivity contribution in [2.24, 2.45) is 23.5 Å². The molecule has 338 valence electrons. The first-order valence-corrected chi connectivity index (χ1v) is 23.2. The van der Waals surface area contributed by atoms with Gasteiger partial charge in [0.1, 0.15) is 11.8 Å². The van der Waals surface area contributed by atoms with Crippen LogP contribution in [0.3, 0.4) is 0 Å². The van der Waals surface area contributed by atoms with Crippen LogP contribution in [0.25, 0.3) is 0 Å². The standard InChI is InChI=1S/C52H67N3O8/c1-3-5-27-45(51(53)61)54-49(59)29-28-47(57)50(60)40(18-4-2)30-48(58)46-33-42(63-35-36-19-10-6-11-20-36)34-55(46)52(62)44(39-25-16-9-17-26-39)32-41(56)31-43(37-21-12-7-13-22-37)38-23-14-8-15-24-38/h6-8,10-15,19-24,39-40,42-46H,3-5,9,16-18,25-35H2,1-2H3,(H2,53,61)(H,54,59)/t40?,42-,44?,45?,46+/m1/s1. The van der Waals surface area contributed by atoms with E-state index in [4.69, 9.17) is 10.5 Å². The van der Waals surface area contributed by atoms with Gasteiger partial charge < -0.3 is 20.7 Å². The van der Waals surface area contributed by atoms with Crippen LogP contribution in [-0.2, 0) is 44.9 Å². The third-order valence-corrected chi connectivity index (χ3v) is 12.9. The van der Waals surface area contributed by atoms with Gasteiger partial charge in [-0.05, 0) is 48.3 Å². The summed E-state index contributed by atoms with van der Waals surface area (Å²) < 4.78 is 6.36. The Labute approximate surface area is 373 Å². The Hall–Kier alpha value is -5.29. The fourth-order valence-corrected chi connectivity index (χ4v) is 9.41. The van der Waals surface area contributed by atoms with Crippen molar-refractivity contribution in [2.75, 3.05) is 6.54 Å². The second-order valence-electron chi connectivity index (χ2n) is 17.6. The lowest BCUT2D eigenvalue weighted by Crippen LogP contribution is -2.47. The van der Waals surface area contributed by atoms with Crippen molar-refractivity contribution in [1.82, 2.24) is 10.2 Å². The van der Waals surface area contributed by atoms with Crippen molar-refractivity contribution in [2.45, 2.75) is 147 Å². The molecule has 3 aromatic carbocycles. The molecular formula is C52H67N3O8. The molecule has 11 nitrogen and oxygen atoms in total. The van der Waals surface area contributed by atoms with E-state index in [1.54, 1.807) is 4.90 Å². The lowest BCUT2D eigenvalue weighted by atomic mass is 9.75. The Bertz CT molecular complexity index is 1930. The molecule has 0 aromatic heterocycles. The topological polar surface area (TPSA) is 170 Å². The molecule has 3 unspecified atom stereocenters. The summed E-state index contributed by atoms with van der Waals surface area (Å²) in [7, 11) is 0. The Balaban J connectivity index is 1.34. The number of nitrogens with two attached hydrogens (primary N) is 1. The molecule has 11 heteroatoms. The first-order chi connectivity index (χ1) is 30.5. The highest BCUT2D eigenvalue weighted by molar-refractivity contribution is 6.38. The molecule has 1 saturated carbocycles. The zero-order chi connectivity index (χ0) is 45.1. The maximum absolute atomic E-state index is 15.1. The molecule has 63 heavy (non-hydrogen) atoms. The number of carbonyl (C=O) groups is 7. The van der Waals surface area contributed by atoms with Crippen LogP contribution in [0.5, 0.6) is 0 Å². The van der Waals surface area contributed by atoms with Gasteiger partial charge in [0.15, 0.2) is 11.6 Å². The smallest absolute Gasteiger partial charge is 0.239 e. The van der Waals surface area contributed by atoms with Gasteiger partial charge >= 0.3 is 0 Å². The van der Waals surface area contributed by atoms with Gasteiger partial charge in [-0.1, -0.05) is 143 Å². The van der Waals surface area contributed by atoms with E-state index in [2.05, 4.69) is 5.32 Å². The third-order valence-electron chi connectivity index (χ3n) is 12.9. The van der Waals surface area contributed by atoms with Crippen molar-refractivity contribution in [3.8, 4) is 0 Å². The van der Waals surface area contributed by atoms with Crippen LogP contribution in [0.2, 0.25) is 0 Å². The van der Waals surface area contributed by atoms with Crippen molar-refractivity contribution in [3.63, 3.8) is 0 Å². The minimum Gasteiger partial charge on any atom is -0.372 e. The number of unbranched alkanes of at least 4 members (excludes halogenated alkanes) is 1. The summed E-state index contributed by atoms with van der Waals surface area (Å²) in [6.07, 6.45) is 6.47. The molecule has 0 radical (unpaired) electrons. The Morgan fingerprint density at radius 1 is 0.746 bits per heavy atom. The minimum atomic E-state index is -0.925. The highest BCUT2D eigenvalue weighted by atomic mass is 16.5. The number of amides is 3. The molecule has 1 aliphatic carbocycles. The Morgan fingerprint density at radius 3 is 1.95 bits per heavy atom. The van der Waals surface area contributed by atoms with E-state index >= 15 is 4.79 Å². The lowest BCUT2D eigenvalue weighted by Gasteiger charge is -2.34. The number of carbonyl (C=O) groups excluding carboxylic acids is 7. The number of benzene rings is 3. The first-order valence-electron chi connectivity index (χ1n) is 23.2. The summed E-state index contributed by atoms with van der Waals surface area (Å²) in [4.78, 5) is 97.0. The zero-order valence-electron chi connectivity index (χ0n) is 37.2. The molecule has 1 saturated heterocycles. The number of ketones is 4. The average Bonchev–Trinajstić information content (AvgIpc) is 3.75. The first kappa shape index (κ1) is 48.7. The maximum atomic E-state index is 15.1. The zero-order valence-corrected chi connectivity index (χ0v) is 37.2. The second kappa shape index (κ2) is 25.1. The van der Waals surface area contributed by atoms with Gasteiger partial charge in [-0.15, -0.1) is 0 Å². The summed E-state index contributed by atoms with van der Waals surface area (Å²) >= 11 is 0. The van der Waals surface area contributed by atoms with E-state index in [9.17, 15) is 28.8 Å². The molecule has 3 N–H and O–H groups in total. The number of nitrogens with one attached hydrogen (secondary N) is 1. The van der Waals surface area contributed by atoms with Gasteiger partial charge in [-0.3, -0.25) is 33.6 Å². The van der Waals surface area contributed by atoms with Crippen LogP contribution in [0, 0.1) is 17.8 Å². The van der Waals surface area contributed by atoms with Crippen molar-refractivity contribution in [1.29, 1.82) is 0 Å². The quantitative estimate of drug-likeness (QED) is 0.0765. The molecule has 2 aliphatic rings. The number of rotatable bonds is 26. The molecule has 5 atom stereocenters. The molecular weight excluding hydrogens is 795 g/mol. The molecule has 1 aliphatic heterocycles. The van der Waals surface area contributed by atoms with Crippen LogP contribution in [0.1, 0.15) is 139 Å². The van der Waals surface area contributed by atoms with E-state index < -0.39 is 53.4 Å². The second-order valence-corrected chi connectivity index (χ2v) is 17.6. The number of nitrogens with zero attached hydrogens (tertiary/aromatic N) is 1. The van der Waals surface area contributed by atoms with Crippen molar-refractivity contribution in [3.05, 3.63) is 108 Å². The number of Topliss-reactive ketones (excluding diaryl/α,β-unsaturated/α-hetero) is 4. The monoisotopic (exact) mass is 861 g/mol. The van der Waals surface area contributed by atoms with Crippen LogP contribution in [0.4, 0.5) is 0 Å². The molecule has 3 aromatic rings. The minimum absolute atomic E-state index is 0.0116. The molecule has 1 heterocycles. The van der Waals surface area contributed by atoms with Crippen molar-refractivity contribution >= 4 is 40.9 Å². The van der Waals surface area contributed by atoms with Gasteiger partial charge in [-0.25, -0.2) is 0 Å². The van der Waals surface area contributed by atoms with Gasteiger partial charge in [0, 0.05) is 62.8 Å². The lowest BCUT2D eigenvalue weighted by molar-refractivity contribution is -0.145. The summed E-state index contributed by atoms with van der Waals surface area (Å²) in [5, 5.41) is 2.58. The van der Waals surface area contributed by atoms with Gasteiger partial charge in [0.25, 0.3) is 0 Å². The molecule has 2 fully saturated rings. The normalized spacial score (nSPS) is 18.0. The Kier molecular flexibility index (Phi) is 19.4. The number of likely N-dealkylation sites (tertiary alicyclic amines) is 1. The summed E-state index contributed by atoms with van der Waals surface area (Å²) in [6.45, 7) is 4.28. The number of hydrogen-bond acceptors (Lipinski definition) is 8. The van der Waals surface area contributed by atoms with E-state index in [1.165, 1.54) is 0 Å². The van der Waals surface area contributed by atoms with Crippen molar-refractivity contribution < 1.29 is 38.3 Å². The summed E-state index contributed by atoms with van der Waals surface area (Å²) in [6, 6.07) is 27.8. The fraction of sp³-hybridized carbons (Fsp3) is 0.519. The van der Waals surface area contributed by atoms with Gasteiger partial charge in [0.05, 0.1) is 18.8 Å². The third kappa shape index (κ3) is 14.6. The summed E-state index contributed by atoms with van der Waals surface area (Å²) in [5.41, 5.74) is 8.47. The fourth-order valence-electron chi connectivity index (χ4n) is 9.41. The molecule has 5 rings (SSSR count). The predicted octanol–water partition coefficient (Wildman–Crippen LogP) is 8.00. The van der Waals surface area contributed by atoms with Gasteiger partial charge in [0.2, 0.25) is 23.5 Å². The molecule has 3 amide bonds. The van der Waals surface area contributed by atoms with Crippen LogP contribution < -0.4 is 11.1 Å². The SMILES string of the molecule is CCCCC(NC(=O)CCC(=O)C(=O)C(CCC)CC(=O)[C@@H]1C[C@@H](OCc2ccccc2)CN1C(=O)C(CC(=O)CC(c1ccccc1)c1ccccc1)C1CCCCC1)C(N)=O. The number of primary amides is 1. The number of hydrogen-bond donors (Lipinski definition) is 2. The van der Waals surface area contributed by atoms with E-state index in [-0.39, 0.29) is 87.4 Å². The summed E-state index contributed by atoms with van der Waals surface area (Å²) in [5.74, 6) is -5.01. The average molecular weight is 862 g/mol. The largest absolute Gasteiger partial charge is 0.372 e. The maximum Gasteiger partial charge on any atom is 0.239 e. The number of ether oxygens (including phenoxy) is 1. The van der Waals surface area contributed by atoms with Gasteiger partial charge in [-0.2, -0.15) is 0 Å². The molecule has 0 bridgehead atoms. The highest BCUT2D eigenvalue weighted by Crippen LogP contribution is 2.37. The van der Waals surface area contributed by atoms with E-state index in [1.807, 2.05) is 105 Å². The van der Waals surface area contributed by atoms with E-state index in [0.29, 0.717) is 19.3 Å². The van der Waals surface area contributed by atoms with Crippen LogP contribution >= 0.6 is 0 Å². The molecule has 0 spiro atoms. The van der Waals surface area contributed by atoms with Crippen LogP contribution in [0.15, 0.2) is 91.0 Å². The van der Waals surface area contributed by atoms with E-state index in [0.717, 1.165) is 55.2 Å². The van der Waals surface area contributed by atoms with Crippen LogP contribution in [-0.4, -0.2) is 70.5 Å².